The molecule has 0 radical (unpaired) electrons. The van der Waals surface area contributed by atoms with E-state index >= 15 is 0 Å². The lowest BCUT2D eigenvalue weighted by Crippen LogP contribution is -2.48. The van der Waals surface area contributed by atoms with E-state index in [1.165, 1.54) is 12.1 Å². The molecule has 1 aromatic rings. The van der Waals surface area contributed by atoms with Gasteiger partial charge in [-0.25, -0.2) is 0 Å². The zero-order chi connectivity index (χ0) is 13.0. The second-order valence-corrected chi connectivity index (χ2v) is 6.52. The van der Waals surface area contributed by atoms with Crippen molar-refractivity contribution in [1.29, 1.82) is 0 Å². The van der Waals surface area contributed by atoms with E-state index in [-0.39, 0.29) is 0 Å². The van der Waals surface area contributed by atoms with Gasteiger partial charge in [0.2, 0.25) is 0 Å². The van der Waals surface area contributed by atoms with Crippen LogP contribution in [0.5, 0.6) is 0 Å². The molecule has 0 spiro atoms. The van der Waals surface area contributed by atoms with Gasteiger partial charge in [-0.2, -0.15) is 0 Å². The van der Waals surface area contributed by atoms with E-state index in [2.05, 4.69) is 35.5 Å². The van der Waals surface area contributed by atoms with E-state index in [4.69, 9.17) is 0 Å². The number of likely N-dealkylation sites (N-methyl/N-ethyl adjacent to an activating group) is 1. The number of nitrogens with zero attached hydrogens (tertiary/aromatic N) is 1. The topological polar surface area (TPSA) is 35.5 Å². The SMILES string of the molecule is CN1C[C@@H](CO)C[C@H]2c3cccc4c3[C@H](CN4)C[C@H]21. The second-order valence-electron chi connectivity index (χ2n) is 6.52. The highest BCUT2D eigenvalue weighted by molar-refractivity contribution is 5.63. The number of nitrogens with one attached hydrogen (secondary N) is 1. The number of hydrogen-bond acceptors (Lipinski definition) is 3. The van der Waals surface area contributed by atoms with Gasteiger partial charge in [-0.15, -0.1) is 0 Å². The van der Waals surface area contributed by atoms with E-state index in [9.17, 15) is 5.11 Å². The fourth-order valence-corrected chi connectivity index (χ4v) is 4.60. The third-order valence-electron chi connectivity index (χ3n) is 5.43. The third-order valence-corrected chi connectivity index (χ3v) is 5.43. The third kappa shape index (κ3) is 1.65. The molecule has 2 heterocycles. The molecule has 0 saturated carbocycles. The first-order chi connectivity index (χ1) is 9.28. The second kappa shape index (κ2) is 4.22. The zero-order valence-electron chi connectivity index (χ0n) is 11.5. The molecular weight excluding hydrogens is 236 g/mol. The van der Waals surface area contributed by atoms with Crippen LogP contribution in [0.1, 0.15) is 35.8 Å². The average Bonchev–Trinajstić information content (AvgIpc) is 2.85. The van der Waals surface area contributed by atoms with Crippen LogP contribution in [-0.4, -0.2) is 42.8 Å². The highest BCUT2D eigenvalue weighted by atomic mass is 16.3. The van der Waals surface area contributed by atoms with E-state index in [1.54, 1.807) is 11.1 Å². The first-order valence-corrected chi connectivity index (χ1v) is 7.45. The fourth-order valence-electron chi connectivity index (χ4n) is 4.60. The molecule has 1 fully saturated rings. The molecule has 0 amide bonds. The molecule has 2 aliphatic heterocycles. The molecule has 102 valence electrons. The van der Waals surface area contributed by atoms with Crippen molar-refractivity contribution >= 4 is 5.69 Å². The van der Waals surface area contributed by atoms with Crippen molar-refractivity contribution in [1.82, 2.24) is 4.90 Å². The van der Waals surface area contributed by atoms with Crippen LogP contribution in [0.3, 0.4) is 0 Å². The van der Waals surface area contributed by atoms with Crippen LogP contribution in [0.4, 0.5) is 5.69 Å². The van der Waals surface area contributed by atoms with Gasteiger partial charge < -0.3 is 15.3 Å². The summed E-state index contributed by atoms with van der Waals surface area (Å²) in [6.07, 6.45) is 2.42. The Kier molecular flexibility index (Phi) is 2.61. The van der Waals surface area contributed by atoms with Crippen LogP contribution in [0, 0.1) is 5.92 Å². The molecule has 0 bridgehead atoms. The van der Waals surface area contributed by atoms with Crippen LogP contribution < -0.4 is 5.32 Å². The monoisotopic (exact) mass is 258 g/mol. The van der Waals surface area contributed by atoms with E-state index in [0.29, 0.717) is 30.4 Å². The van der Waals surface area contributed by atoms with Crippen molar-refractivity contribution in [3.05, 3.63) is 29.3 Å². The standard InChI is InChI=1S/C16H22N2O/c1-18-8-10(9-19)5-13-12-3-2-4-14-16(12)11(7-17-14)6-15(13)18/h2-4,10-11,13,15,17,19H,5-9H2,1H3/t10-,11-,13-,15+/m0/s1. The number of fused-ring (bicyclic) bond motifs is 2. The van der Waals surface area contributed by atoms with Gasteiger partial charge in [-0.3, -0.25) is 0 Å². The number of aliphatic hydroxyl groups is 1. The first-order valence-electron chi connectivity index (χ1n) is 7.45. The van der Waals surface area contributed by atoms with Crippen LogP contribution in [-0.2, 0) is 0 Å². The molecule has 3 aliphatic rings. The minimum absolute atomic E-state index is 0.324. The van der Waals surface area contributed by atoms with Crippen LogP contribution in [0.25, 0.3) is 0 Å². The molecule has 0 aromatic heterocycles. The van der Waals surface area contributed by atoms with Gasteiger partial charge in [-0.05, 0) is 43.0 Å². The van der Waals surface area contributed by atoms with Gasteiger partial charge in [0.05, 0.1) is 0 Å². The lowest BCUT2D eigenvalue weighted by atomic mass is 9.69. The minimum atomic E-state index is 0.324. The summed E-state index contributed by atoms with van der Waals surface area (Å²) in [6, 6.07) is 7.39. The summed E-state index contributed by atoms with van der Waals surface area (Å²) < 4.78 is 0. The normalized spacial score (nSPS) is 36.5. The Morgan fingerprint density at radius 2 is 2.26 bits per heavy atom. The van der Waals surface area contributed by atoms with Gasteiger partial charge in [0.15, 0.2) is 0 Å². The van der Waals surface area contributed by atoms with Crippen molar-refractivity contribution < 1.29 is 5.11 Å². The number of piperidine rings is 1. The molecule has 4 atom stereocenters. The predicted octanol–water partition coefficient (Wildman–Crippen LogP) is 2.00. The Labute approximate surface area is 114 Å². The van der Waals surface area contributed by atoms with E-state index in [1.807, 2.05) is 0 Å². The molecule has 2 N–H and O–H groups in total. The summed E-state index contributed by atoms with van der Waals surface area (Å²) >= 11 is 0. The Morgan fingerprint density at radius 3 is 3.11 bits per heavy atom. The largest absolute Gasteiger partial charge is 0.396 e. The Morgan fingerprint density at radius 1 is 1.37 bits per heavy atom. The molecule has 0 unspecified atom stereocenters. The van der Waals surface area contributed by atoms with Gasteiger partial charge in [0.1, 0.15) is 0 Å². The smallest absolute Gasteiger partial charge is 0.0471 e. The maximum atomic E-state index is 9.53. The Bertz CT molecular complexity index is 502. The number of anilines is 1. The van der Waals surface area contributed by atoms with Crippen molar-refractivity contribution in [2.24, 2.45) is 5.92 Å². The maximum absolute atomic E-state index is 9.53. The lowest BCUT2D eigenvalue weighted by Gasteiger charge is -2.47. The summed E-state index contributed by atoms with van der Waals surface area (Å²) in [4.78, 5) is 2.49. The van der Waals surface area contributed by atoms with Gasteiger partial charge in [0.25, 0.3) is 0 Å². The van der Waals surface area contributed by atoms with Crippen LogP contribution >= 0.6 is 0 Å². The number of hydrogen-bond donors (Lipinski definition) is 2. The lowest BCUT2D eigenvalue weighted by molar-refractivity contribution is 0.0660. The Balaban J connectivity index is 1.78. The van der Waals surface area contributed by atoms with Gasteiger partial charge in [-0.1, -0.05) is 12.1 Å². The maximum Gasteiger partial charge on any atom is 0.0471 e. The minimum Gasteiger partial charge on any atom is -0.396 e. The molecule has 3 nitrogen and oxygen atoms in total. The summed E-state index contributed by atoms with van der Waals surface area (Å²) in [7, 11) is 2.23. The fraction of sp³-hybridized carbons (Fsp3) is 0.625. The highest BCUT2D eigenvalue weighted by Gasteiger charge is 2.43. The van der Waals surface area contributed by atoms with Crippen molar-refractivity contribution in [3.8, 4) is 0 Å². The predicted molar refractivity (Wildman–Crippen MR) is 76.6 cm³/mol. The highest BCUT2D eigenvalue weighted by Crippen LogP contribution is 2.50. The van der Waals surface area contributed by atoms with Gasteiger partial charge >= 0.3 is 0 Å². The quantitative estimate of drug-likeness (QED) is 0.808. The van der Waals surface area contributed by atoms with E-state index in [0.717, 1.165) is 19.5 Å². The zero-order valence-corrected chi connectivity index (χ0v) is 11.5. The number of likely N-dealkylation sites (tertiary alicyclic amines) is 1. The number of benzene rings is 1. The summed E-state index contributed by atoms with van der Waals surface area (Å²) in [5.74, 6) is 1.75. The molecular formula is C16H22N2O. The molecule has 1 aliphatic carbocycles. The number of aliphatic hydroxyl groups excluding tert-OH is 1. The number of rotatable bonds is 1. The molecule has 1 aromatic carbocycles. The van der Waals surface area contributed by atoms with Crippen molar-refractivity contribution in [2.75, 3.05) is 32.1 Å². The molecule has 1 saturated heterocycles. The van der Waals surface area contributed by atoms with Crippen molar-refractivity contribution in [3.63, 3.8) is 0 Å². The molecule has 3 heteroatoms. The van der Waals surface area contributed by atoms with Crippen LogP contribution in [0.2, 0.25) is 0 Å². The average molecular weight is 258 g/mol. The summed E-state index contributed by atoms with van der Waals surface area (Å²) in [5, 5.41) is 13.1. The summed E-state index contributed by atoms with van der Waals surface area (Å²) in [6.45, 7) is 2.48. The van der Waals surface area contributed by atoms with E-state index < -0.39 is 0 Å². The van der Waals surface area contributed by atoms with Crippen molar-refractivity contribution in [2.45, 2.75) is 30.7 Å². The molecule has 4 rings (SSSR count). The Hall–Kier alpha value is -1.06. The van der Waals surface area contributed by atoms with Gasteiger partial charge in [0, 0.05) is 43.3 Å². The summed E-state index contributed by atoms with van der Waals surface area (Å²) in [5.41, 5.74) is 4.49. The first kappa shape index (κ1) is 11.7. The molecule has 19 heavy (non-hydrogen) atoms. The van der Waals surface area contributed by atoms with Crippen LogP contribution in [0.15, 0.2) is 18.2 Å².